The van der Waals surface area contributed by atoms with E-state index in [1.165, 1.54) is 0 Å². The maximum Gasteiger partial charge on any atom is 0.249 e. The standard InChI is InChI=1S/C22H22ClNO4/c1-26-21(15-9-10-27-13-15)22(25)24-12-19-20(14-5-3-2-4-6-14)17-11-16(23)7-8-18(17)28-19/h2-8,11,15,21H,9-10,12-13H2,1H3,(H,24,25). The molecule has 1 aromatic heterocycles. The quantitative estimate of drug-likeness (QED) is 0.666. The molecule has 1 amide bonds. The van der Waals surface area contributed by atoms with E-state index < -0.39 is 6.10 Å². The number of carbonyl (C=O) groups is 1. The van der Waals surface area contributed by atoms with Crippen molar-refractivity contribution in [3.05, 3.63) is 59.3 Å². The Hall–Kier alpha value is -2.34. The van der Waals surface area contributed by atoms with E-state index >= 15 is 0 Å². The van der Waals surface area contributed by atoms with Crippen molar-refractivity contribution in [2.24, 2.45) is 5.92 Å². The number of benzene rings is 2. The number of rotatable bonds is 6. The van der Waals surface area contributed by atoms with Crippen LogP contribution in [0.2, 0.25) is 5.02 Å². The highest BCUT2D eigenvalue weighted by Crippen LogP contribution is 2.36. The van der Waals surface area contributed by atoms with Crippen molar-refractivity contribution in [1.29, 1.82) is 0 Å². The number of carbonyl (C=O) groups excluding carboxylic acids is 1. The molecular weight excluding hydrogens is 378 g/mol. The van der Waals surface area contributed by atoms with Gasteiger partial charge in [-0.15, -0.1) is 0 Å². The monoisotopic (exact) mass is 399 g/mol. The van der Waals surface area contributed by atoms with Crippen LogP contribution >= 0.6 is 11.6 Å². The average Bonchev–Trinajstić information content (AvgIpc) is 3.35. The van der Waals surface area contributed by atoms with Crippen LogP contribution in [0.1, 0.15) is 12.2 Å². The molecule has 2 unspecified atom stereocenters. The first-order valence-electron chi connectivity index (χ1n) is 9.32. The highest BCUT2D eigenvalue weighted by Gasteiger charge is 2.31. The fraction of sp³-hybridized carbons (Fsp3) is 0.318. The summed E-state index contributed by atoms with van der Waals surface area (Å²) < 4.78 is 16.9. The Balaban J connectivity index is 1.62. The highest BCUT2D eigenvalue weighted by molar-refractivity contribution is 6.31. The lowest BCUT2D eigenvalue weighted by Gasteiger charge is -2.19. The van der Waals surface area contributed by atoms with Gasteiger partial charge in [-0.1, -0.05) is 41.9 Å². The van der Waals surface area contributed by atoms with Crippen molar-refractivity contribution in [3.8, 4) is 11.1 Å². The topological polar surface area (TPSA) is 60.7 Å². The Labute approximate surface area is 168 Å². The van der Waals surface area contributed by atoms with E-state index in [0.717, 1.165) is 28.5 Å². The summed E-state index contributed by atoms with van der Waals surface area (Å²) >= 11 is 6.21. The SMILES string of the molecule is COC(C(=O)NCc1oc2ccc(Cl)cc2c1-c1ccccc1)C1CCOC1. The van der Waals surface area contributed by atoms with Gasteiger partial charge in [0.15, 0.2) is 0 Å². The van der Waals surface area contributed by atoms with Crippen LogP contribution in [0.25, 0.3) is 22.1 Å². The zero-order chi connectivity index (χ0) is 19.5. The van der Waals surface area contributed by atoms with Gasteiger partial charge in [0.05, 0.1) is 13.2 Å². The molecule has 2 heterocycles. The fourth-order valence-electron chi connectivity index (χ4n) is 3.74. The van der Waals surface area contributed by atoms with Gasteiger partial charge in [-0.05, 0) is 30.2 Å². The minimum absolute atomic E-state index is 0.0769. The molecule has 4 rings (SSSR count). The summed E-state index contributed by atoms with van der Waals surface area (Å²) in [4.78, 5) is 12.7. The summed E-state index contributed by atoms with van der Waals surface area (Å²) in [7, 11) is 1.56. The molecule has 1 aliphatic heterocycles. The van der Waals surface area contributed by atoms with Crippen molar-refractivity contribution in [1.82, 2.24) is 5.32 Å². The van der Waals surface area contributed by atoms with E-state index in [1.54, 1.807) is 13.2 Å². The van der Waals surface area contributed by atoms with Gasteiger partial charge < -0.3 is 19.2 Å². The molecule has 0 bridgehead atoms. The highest BCUT2D eigenvalue weighted by atomic mass is 35.5. The van der Waals surface area contributed by atoms with E-state index in [2.05, 4.69) is 5.32 Å². The number of furan rings is 1. The molecular formula is C22H22ClNO4. The smallest absolute Gasteiger partial charge is 0.249 e. The first kappa shape index (κ1) is 19.0. The van der Waals surface area contributed by atoms with E-state index in [4.69, 9.17) is 25.5 Å². The third-order valence-corrected chi connectivity index (χ3v) is 5.35. The molecule has 3 aromatic rings. The molecule has 1 saturated heterocycles. The Morgan fingerprint density at radius 1 is 1.29 bits per heavy atom. The molecule has 0 aliphatic carbocycles. The van der Waals surface area contributed by atoms with Crippen molar-refractivity contribution >= 4 is 28.5 Å². The summed E-state index contributed by atoms with van der Waals surface area (Å²) in [6, 6.07) is 15.5. The Morgan fingerprint density at radius 3 is 2.82 bits per heavy atom. The first-order chi connectivity index (χ1) is 13.7. The van der Waals surface area contributed by atoms with Gasteiger partial charge in [-0.25, -0.2) is 0 Å². The normalized spacial score (nSPS) is 17.7. The number of hydrogen-bond donors (Lipinski definition) is 1. The predicted molar refractivity (Wildman–Crippen MR) is 108 cm³/mol. The lowest BCUT2D eigenvalue weighted by atomic mass is 10.0. The number of nitrogens with one attached hydrogen (secondary N) is 1. The summed E-state index contributed by atoms with van der Waals surface area (Å²) in [5, 5.41) is 4.53. The molecule has 5 nitrogen and oxygen atoms in total. The van der Waals surface area contributed by atoms with Crippen molar-refractivity contribution < 1.29 is 18.7 Å². The van der Waals surface area contributed by atoms with Gasteiger partial charge in [0.25, 0.3) is 0 Å². The number of fused-ring (bicyclic) bond motifs is 1. The molecule has 0 spiro atoms. The molecule has 146 valence electrons. The molecule has 2 atom stereocenters. The molecule has 0 radical (unpaired) electrons. The van der Waals surface area contributed by atoms with Crippen LogP contribution < -0.4 is 5.32 Å². The number of ether oxygens (including phenoxy) is 2. The largest absolute Gasteiger partial charge is 0.459 e. The van der Waals surface area contributed by atoms with Crippen LogP contribution in [-0.2, 0) is 20.8 Å². The molecule has 1 fully saturated rings. The van der Waals surface area contributed by atoms with Crippen molar-refractivity contribution in [2.45, 2.75) is 19.1 Å². The zero-order valence-electron chi connectivity index (χ0n) is 15.6. The van der Waals surface area contributed by atoms with Gasteiger partial charge in [-0.3, -0.25) is 4.79 Å². The maximum atomic E-state index is 12.7. The maximum absolute atomic E-state index is 12.7. The second-order valence-corrected chi connectivity index (χ2v) is 7.34. The summed E-state index contributed by atoms with van der Waals surface area (Å²) in [5.41, 5.74) is 2.69. The van der Waals surface area contributed by atoms with Gasteiger partial charge in [0.1, 0.15) is 17.4 Å². The van der Waals surface area contributed by atoms with Gasteiger partial charge >= 0.3 is 0 Å². The lowest BCUT2D eigenvalue weighted by Crippen LogP contribution is -2.40. The van der Waals surface area contributed by atoms with E-state index in [0.29, 0.717) is 24.0 Å². The fourth-order valence-corrected chi connectivity index (χ4v) is 3.91. The van der Waals surface area contributed by atoms with E-state index in [-0.39, 0.29) is 18.4 Å². The number of methoxy groups -OCH3 is 1. The van der Waals surface area contributed by atoms with Crippen molar-refractivity contribution in [2.75, 3.05) is 20.3 Å². The van der Waals surface area contributed by atoms with Crippen LogP contribution in [0.4, 0.5) is 0 Å². The number of halogens is 1. The van der Waals surface area contributed by atoms with Crippen LogP contribution in [0.5, 0.6) is 0 Å². The molecule has 1 aliphatic rings. The molecule has 0 saturated carbocycles. The van der Waals surface area contributed by atoms with Crippen LogP contribution in [0.3, 0.4) is 0 Å². The Morgan fingerprint density at radius 2 is 2.11 bits per heavy atom. The Bertz CT molecular complexity index is 963. The van der Waals surface area contributed by atoms with Gasteiger partial charge in [-0.2, -0.15) is 0 Å². The summed E-state index contributed by atoms with van der Waals surface area (Å²) in [6.45, 7) is 1.48. The summed E-state index contributed by atoms with van der Waals surface area (Å²) in [6.07, 6.45) is 0.297. The van der Waals surface area contributed by atoms with Gasteiger partial charge in [0.2, 0.25) is 5.91 Å². The third-order valence-electron chi connectivity index (χ3n) is 5.11. The third kappa shape index (κ3) is 3.78. The Kier molecular flexibility index (Phi) is 5.67. The number of amides is 1. The van der Waals surface area contributed by atoms with Crippen LogP contribution in [-0.4, -0.2) is 32.3 Å². The van der Waals surface area contributed by atoms with E-state index in [9.17, 15) is 4.79 Å². The van der Waals surface area contributed by atoms with Gasteiger partial charge in [0, 0.05) is 35.6 Å². The second kappa shape index (κ2) is 8.35. The molecule has 1 N–H and O–H groups in total. The minimum atomic E-state index is -0.526. The first-order valence-corrected chi connectivity index (χ1v) is 9.69. The van der Waals surface area contributed by atoms with Crippen LogP contribution in [0.15, 0.2) is 52.9 Å². The number of hydrogen-bond acceptors (Lipinski definition) is 4. The average molecular weight is 400 g/mol. The molecule has 6 heteroatoms. The lowest BCUT2D eigenvalue weighted by molar-refractivity contribution is -0.134. The summed E-state index contributed by atoms with van der Waals surface area (Å²) in [5.74, 6) is 0.609. The predicted octanol–water partition coefficient (Wildman–Crippen LogP) is 4.42. The zero-order valence-corrected chi connectivity index (χ0v) is 16.4. The molecule has 28 heavy (non-hydrogen) atoms. The minimum Gasteiger partial charge on any atom is -0.459 e. The second-order valence-electron chi connectivity index (χ2n) is 6.90. The van der Waals surface area contributed by atoms with Crippen molar-refractivity contribution in [3.63, 3.8) is 0 Å². The van der Waals surface area contributed by atoms with Crippen LogP contribution in [0, 0.1) is 5.92 Å². The van der Waals surface area contributed by atoms with E-state index in [1.807, 2.05) is 42.5 Å². The molecule has 2 aromatic carbocycles.